The van der Waals surface area contributed by atoms with Crippen LogP contribution < -0.4 is 15.6 Å². The summed E-state index contributed by atoms with van der Waals surface area (Å²) in [5.41, 5.74) is 2.98. The first kappa shape index (κ1) is 19.4. The van der Waals surface area contributed by atoms with E-state index < -0.39 is 6.04 Å². The summed E-state index contributed by atoms with van der Waals surface area (Å²) in [5, 5.41) is 7.23. The van der Waals surface area contributed by atoms with Crippen molar-refractivity contribution in [2.45, 2.75) is 26.3 Å². The molecule has 1 unspecified atom stereocenters. The minimum atomic E-state index is -0.753. The lowest BCUT2D eigenvalue weighted by molar-refractivity contribution is -0.119. The molecule has 0 saturated heterocycles. The first-order valence-corrected chi connectivity index (χ1v) is 9.16. The average molecular weight is 377 g/mol. The van der Waals surface area contributed by atoms with E-state index in [9.17, 15) is 9.59 Å². The Kier molecular flexibility index (Phi) is 5.89. The third-order valence-corrected chi connectivity index (χ3v) is 4.59. The zero-order valence-electron chi connectivity index (χ0n) is 16.2. The molecule has 144 valence electrons. The van der Waals surface area contributed by atoms with Crippen molar-refractivity contribution in [1.29, 1.82) is 0 Å². The van der Waals surface area contributed by atoms with E-state index in [0.29, 0.717) is 11.4 Å². The Morgan fingerprint density at radius 3 is 2.36 bits per heavy atom. The molecule has 1 atom stereocenters. The van der Waals surface area contributed by atoms with E-state index >= 15 is 0 Å². The predicted octanol–water partition coefficient (Wildman–Crippen LogP) is 3.68. The number of nitrogens with zero attached hydrogens (tertiary/aromatic N) is 2. The maximum atomic E-state index is 12.6. The summed E-state index contributed by atoms with van der Waals surface area (Å²) in [5.74, 6) is 0.435. The summed E-state index contributed by atoms with van der Waals surface area (Å²) < 4.78 is 6.36. The Bertz CT molecular complexity index is 1010. The largest absolute Gasteiger partial charge is 0.497 e. The van der Waals surface area contributed by atoms with Gasteiger partial charge in [0.05, 0.1) is 12.8 Å². The molecule has 1 aromatic heterocycles. The van der Waals surface area contributed by atoms with Gasteiger partial charge in [-0.05, 0) is 61.4 Å². The average Bonchev–Trinajstić information content (AvgIpc) is 2.74. The van der Waals surface area contributed by atoms with E-state index in [-0.39, 0.29) is 11.5 Å². The van der Waals surface area contributed by atoms with Crippen molar-refractivity contribution >= 4 is 11.6 Å². The SMILES string of the molecule is CCc1ccc(NC(=O)C(C)n2nc(-c3ccc(OC)cc3)ccc2=O)cc1. The number of hydrogen-bond donors (Lipinski definition) is 1. The van der Waals surface area contributed by atoms with Gasteiger partial charge in [0.25, 0.3) is 5.56 Å². The molecule has 28 heavy (non-hydrogen) atoms. The van der Waals surface area contributed by atoms with Crippen LogP contribution in [-0.4, -0.2) is 22.8 Å². The summed E-state index contributed by atoms with van der Waals surface area (Å²) in [7, 11) is 1.60. The van der Waals surface area contributed by atoms with E-state index in [1.807, 2.05) is 48.5 Å². The lowest BCUT2D eigenvalue weighted by Gasteiger charge is -2.15. The van der Waals surface area contributed by atoms with E-state index in [0.717, 1.165) is 17.7 Å². The summed E-state index contributed by atoms with van der Waals surface area (Å²) in [6.07, 6.45) is 0.933. The van der Waals surface area contributed by atoms with Gasteiger partial charge in [-0.25, -0.2) is 4.68 Å². The smallest absolute Gasteiger partial charge is 0.267 e. The number of aryl methyl sites for hydroxylation is 1. The molecule has 2 aromatic carbocycles. The van der Waals surface area contributed by atoms with Gasteiger partial charge in [0.1, 0.15) is 11.8 Å². The Morgan fingerprint density at radius 2 is 1.75 bits per heavy atom. The summed E-state index contributed by atoms with van der Waals surface area (Å²) in [4.78, 5) is 24.9. The van der Waals surface area contributed by atoms with E-state index in [2.05, 4.69) is 17.3 Å². The van der Waals surface area contributed by atoms with Crippen LogP contribution in [0.2, 0.25) is 0 Å². The van der Waals surface area contributed by atoms with E-state index in [1.165, 1.54) is 16.3 Å². The number of rotatable bonds is 6. The zero-order valence-corrected chi connectivity index (χ0v) is 16.2. The lowest BCUT2D eigenvalue weighted by Crippen LogP contribution is -2.33. The molecule has 0 radical (unpaired) electrons. The first-order valence-electron chi connectivity index (χ1n) is 9.16. The molecule has 1 heterocycles. The minimum absolute atomic E-state index is 0.300. The van der Waals surface area contributed by atoms with Crippen molar-refractivity contribution < 1.29 is 9.53 Å². The molecular formula is C22H23N3O3. The molecular weight excluding hydrogens is 354 g/mol. The van der Waals surface area contributed by atoms with Gasteiger partial charge in [-0.3, -0.25) is 9.59 Å². The summed E-state index contributed by atoms with van der Waals surface area (Å²) >= 11 is 0. The fraction of sp³-hybridized carbons (Fsp3) is 0.227. The van der Waals surface area contributed by atoms with Crippen molar-refractivity contribution in [1.82, 2.24) is 9.78 Å². The third kappa shape index (κ3) is 4.28. The summed E-state index contributed by atoms with van der Waals surface area (Å²) in [6.45, 7) is 3.73. The third-order valence-electron chi connectivity index (χ3n) is 4.59. The van der Waals surface area contributed by atoms with Crippen molar-refractivity contribution in [3.8, 4) is 17.0 Å². The minimum Gasteiger partial charge on any atom is -0.497 e. The van der Waals surface area contributed by atoms with Gasteiger partial charge in [-0.2, -0.15) is 5.10 Å². The molecule has 3 aromatic rings. The monoisotopic (exact) mass is 377 g/mol. The van der Waals surface area contributed by atoms with E-state index in [1.54, 1.807) is 20.1 Å². The molecule has 1 N–H and O–H groups in total. The van der Waals surface area contributed by atoms with Crippen LogP contribution in [0.5, 0.6) is 5.75 Å². The number of methoxy groups -OCH3 is 1. The molecule has 0 aliphatic rings. The van der Waals surface area contributed by atoms with Crippen LogP contribution in [0.3, 0.4) is 0 Å². The van der Waals surface area contributed by atoms with Crippen LogP contribution in [0.1, 0.15) is 25.5 Å². The zero-order chi connectivity index (χ0) is 20.1. The maximum Gasteiger partial charge on any atom is 0.267 e. The van der Waals surface area contributed by atoms with Crippen LogP contribution in [0.15, 0.2) is 65.5 Å². The highest BCUT2D eigenvalue weighted by Crippen LogP contribution is 2.20. The molecule has 0 fully saturated rings. The molecule has 0 spiro atoms. The highest BCUT2D eigenvalue weighted by molar-refractivity contribution is 5.93. The standard InChI is InChI=1S/C22H23N3O3/c1-4-16-5-9-18(10-6-16)23-22(27)15(2)25-21(26)14-13-20(24-25)17-7-11-19(28-3)12-8-17/h5-15H,4H2,1-3H3,(H,23,27). The van der Waals surface area contributed by atoms with Crippen LogP contribution in [-0.2, 0) is 11.2 Å². The number of anilines is 1. The van der Waals surface area contributed by atoms with Crippen molar-refractivity contribution in [2.24, 2.45) is 0 Å². The lowest BCUT2D eigenvalue weighted by atomic mass is 10.1. The van der Waals surface area contributed by atoms with Gasteiger partial charge in [-0.15, -0.1) is 0 Å². The number of carbonyl (C=O) groups excluding carboxylic acids is 1. The second-order valence-corrected chi connectivity index (χ2v) is 6.45. The van der Waals surface area contributed by atoms with Gasteiger partial charge < -0.3 is 10.1 Å². The fourth-order valence-electron chi connectivity index (χ4n) is 2.80. The van der Waals surface area contributed by atoms with Crippen molar-refractivity contribution in [2.75, 3.05) is 12.4 Å². The predicted molar refractivity (Wildman–Crippen MR) is 110 cm³/mol. The molecule has 0 saturated carbocycles. The van der Waals surface area contributed by atoms with Gasteiger partial charge in [0.2, 0.25) is 5.91 Å². The number of aromatic nitrogens is 2. The Balaban J connectivity index is 1.82. The van der Waals surface area contributed by atoms with Crippen molar-refractivity contribution in [3.63, 3.8) is 0 Å². The number of ether oxygens (including phenoxy) is 1. The molecule has 0 aliphatic carbocycles. The Labute approximate surface area is 163 Å². The fourth-order valence-corrected chi connectivity index (χ4v) is 2.80. The summed E-state index contributed by atoms with van der Waals surface area (Å²) in [6, 6.07) is 17.3. The molecule has 3 rings (SSSR count). The number of carbonyl (C=O) groups is 1. The number of amides is 1. The quantitative estimate of drug-likeness (QED) is 0.711. The van der Waals surface area contributed by atoms with Gasteiger partial charge >= 0.3 is 0 Å². The van der Waals surface area contributed by atoms with Gasteiger partial charge in [0.15, 0.2) is 0 Å². The molecule has 0 bridgehead atoms. The first-order chi connectivity index (χ1) is 13.5. The number of nitrogens with one attached hydrogen (secondary N) is 1. The molecule has 1 amide bonds. The second-order valence-electron chi connectivity index (χ2n) is 6.45. The highest BCUT2D eigenvalue weighted by Gasteiger charge is 2.18. The molecule has 0 aliphatic heterocycles. The molecule has 6 heteroatoms. The Hall–Kier alpha value is -3.41. The van der Waals surface area contributed by atoms with Crippen LogP contribution in [0, 0.1) is 0 Å². The topological polar surface area (TPSA) is 73.2 Å². The van der Waals surface area contributed by atoms with Crippen molar-refractivity contribution in [3.05, 3.63) is 76.6 Å². The normalized spacial score (nSPS) is 11.7. The van der Waals surface area contributed by atoms with Gasteiger partial charge in [-0.1, -0.05) is 19.1 Å². The highest BCUT2D eigenvalue weighted by atomic mass is 16.5. The van der Waals surface area contributed by atoms with Crippen LogP contribution in [0.25, 0.3) is 11.3 Å². The number of hydrogen-bond acceptors (Lipinski definition) is 4. The van der Waals surface area contributed by atoms with Crippen LogP contribution in [0.4, 0.5) is 5.69 Å². The van der Waals surface area contributed by atoms with Crippen LogP contribution >= 0.6 is 0 Å². The van der Waals surface area contributed by atoms with E-state index in [4.69, 9.17) is 4.74 Å². The maximum absolute atomic E-state index is 12.6. The Morgan fingerprint density at radius 1 is 1.07 bits per heavy atom. The number of benzene rings is 2. The van der Waals surface area contributed by atoms with Gasteiger partial charge in [0, 0.05) is 17.3 Å². The second kappa shape index (κ2) is 8.52. The molecule has 6 nitrogen and oxygen atoms in total.